The zero-order chi connectivity index (χ0) is 12.6. The van der Waals surface area contributed by atoms with E-state index in [2.05, 4.69) is 0 Å². The first-order chi connectivity index (χ1) is 7.12. The molecule has 0 unspecified atom stereocenters. The Morgan fingerprint density at radius 1 is 1.24 bits per heavy atom. The van der Waals surface area contributed by atoms with Gasteiger partial charge in [0.05, 0.1) is 4.90 Å². The molecule has 0 radical (unpaired) electrons. The average molecular weight is 278 g/mol. The van der Waals surface area contributed by atoms with Gasteiger partial charge in [0.15, 0.2) is 9.84 Å². The van der Waals surface area contributed by atoms with Crippen LogP contribution in [0, 0.1) is 5.41 Å². The molecule has 98 valence electrons. The lowest BCUT2D eigenvalue weighted by Crippen LogP contribution is -2.26. The van der Waals surface area contributed by atoms with Crippen LogP contribution in [0.15, 0.2) is 29.2 Å². The minimum absolute atomic E-state index is 0. The Labute approximate surface area is 110 Å². The molecular formula is C12H20ClNO2S. The van der Waals surface area contributed by atoms with E-state index >= 15 is 0 Å². The van der Waals surface area contributed by atoms with E-state index in [4.69, 9.17) is 5.73 Å². The normalized spacial score (nSPS) is 13.9. The summed E-state index contributed by atoms with van der Waals surface area (Å²) in [6.07, 6.45) is 1.20. The highest BCUT2D eigenvalue weighted by Crippen LogP contribution is 2.31. The predicted octanol–water partition coefficient (Wildman–Crippen LogP) is 2.56. The first-order valence-corrected chi connectivity index (χ1v) is 7.07. The smallest absolute Gasteiger partial charge is 0.175 e. The summed E-state index contributed by atoms with van der Waals surface area (Å²) in [5.74, 6) is 0. The van der Waals surface area contributed by atoms with E-state index in [1.807, 2.05) is 26.8 Å². The third-order valence-corrected chi connectivity index (χ3v) is 3.69. The Bertz CT molecular complexity index is 478. The second-order valence-corrected chi connectivity index (χ2v) is 7.20. The minimum atomic E-state index is -3.16. The molecule has 1 aromatic carbocycles. The van der Waals surface area contributed by atoms with Gasteiger partial charge in [0, 0.05) is 12.3 Å². The molecule has 0 spiro atoms. The largest absolute Gasteiger partial charge is 0.324 e. The van der Waals surface area contributed by atoms with Gasteiger partial charge < -0.3 is 5.73 Å². The summed E-state index contributed by atoms with van der Waals surface area (Å²) in [6.45, 7) is 6.10. The lowest BCUT2D eigenvalue weighted by Gasteiger charge is -2.27. The number of nitrogens with two attached hydrogens (primary N) is 1. The summed E-state index contributed by atoms with van der Waals surface area (Å²) in [5.41, 5.74) is 6.86. The number of rotatable bonds is 2. The molecule has 0 saturated heterocycles. The first-order valence-electron chi connectivity index (χ1n) is 5.18. The molecule has 17 heavy (non-hydrogen) atoms. The van der Waals surface area contributed by atoms with Crippen molar-refractivity contribution in [2.75, 3.05) is 6.26 Å². The summed E-state index contributed by atoms with van der Waals surface area (Å²) in [4.78, 5) is 0.324. The van der Waals surface area contributed by atoms with Crippen LogP contribution in [0.25, 0.3) is 0 Å². The van der Waals surface area contributed by atoms with Gasteiger partial charge in [-0.2, -0.15) is 0 Å². The number of hydrogen-bond donors (Lipinski definition) is 1. The zero-order valence-corrected chi connectivity index (χ0v) is 12.2. The maximum atomic E-state index is 11.4. The molecule has 5 heteroatoms. The summed E-state index contributed by atoms with van der Waals surface area (Å²) >= 11 is 0. The molecule has 0 aliphatic heterocycles. The number of sulfone groups is 1. The van der Waals surface area contributed by atoms with E-state index in [9.17, 15) is 8.42 Å². The fourth-order valence-corrected chi connectivity index (χ4v) is 2.11. The highest BCUT2D eigenvalue weighted by molar-refractivity contribution is 7.90. The maximum Gasteiger partial charge on any atom is 0.175 e. The van der Waals surface area contributed by atoms with Crippen LogP contribution in [-0.4, -0.2) is 14.7 Å². The SMILES string of the molecule is CC(C)(C)[C@@H](N)c1cccc(S(C)(=O)=O)c1.Cl. The molecule has 0 bridgehead atoms. The second kappa shape index (κ2) is 5.38. The lowest BCUT2D eigenvalue weighted by molar-refractivity contribution is 0.326. The van der Waals surface area contributed by atoms with Crippen molar-refractivity contribution in [2.24, 2.45) is 11.1 Å². The summed E-state index contributed by atoms with van der Waals surface area (Å²) in [7, 11) is -3.16. The quantitative estimate of drug-likeness (QED) is 0.904. The van der Waals surface area contributed by atoms with Gasteiger partial charge >= 0.3 is 0 Å². The van der Waals surface area contributed by atoms with Crippen molar-refractivity contribution in [1.29, 1.82) is 0 Å². The third-order valence-electron chi connectivity index (χ3n) is 2.58. The van der Waals surface area contributed by atoms with Gasteiger partial charge in [-0.15, -0.1) is 12.4 Å². The van der Waals surface area contributed by atoms with Crippen molar-refractivity contribution in [3.63, 3.8) is 0 Å². The molecule has 1 rings (SSSR count). The minimum Gasteiger partial charge on any atom is -0.324 e. The second-order valence-electron chi connectivity index (χ2n) is 5.19. The molecule has 0 aliphatic rings. The van der Waals surface area contributed by atoms with Gasteiger partial charge in [0.2, 0.25) is 0 Å². The maximum absolute atomic E-state index is 11.4. The van der Waals surface area contributed by atoms with E-state index < -0.39 is 9.84 Å². The molecule has 0 amide bonds. The number of benzene rings is 1. The van der Waals surface area contributed by atoms with Gasteiger partial charge in [-0.3, -0.25) is 0 Å². The number of hydrogen-bond acceptors (Lipinski definition) is 3. The van der Waals surface area contributed by atoms with Crippen LogP contribution >= 0.6 is 12.4 Å². The Morgan fingerprint density at radius 2 is 1.76 bits per heavy atom. The lowest BCUT2D eigenvalue weighted by atomic mass is 9.83. The average Bonchev–Trinajstić information content (AvgIpc) is 2.14. The van der Waals surface area contributed by atoms with Crippen LogP contribution in [0.1, 0.15) is 32.4 Å². The van der Waals surface area contributed by atoms with Crippen LogP contribution in [0.4, 0.5) is 0 Å². The molecular weight excluding hydrogens is 258 g/mol. The Kier molecular flexibility index (Phi) is 5.19. The number of halogens is 1. The van der Waals surface area contributed by atoms with E-state index in [0.29, 0.717) is 4.90 Å². The summed E-state index contributed by atoms with van der Waals surface area (Å²) in [5, 5.41) is 0. The van der Waals surface area contributed by atoms with Crippen LogP contribution in [0.2, 0.25) is 0 Å². The first kappa shape index (κ1) is 16.4. The Balaban J connectivity index is 0.00000256. The van der Waals surface area contributed by atoms with Crippen molar-refractivity contribution in [2.45, 2.75) is 31.7 Å². The highest BCUT2D eigenvalue weighted by Gasteiger charge is 2.23. The van der Waals surface area contributed by atoms with Gasteiger partial charge in [0.25, 0.3) is 0 Å². The van der Waals surface area contributed by atoms with E-state index in [-0.39, 0.29) is 23.9 Å². The molecule has 0 heterocycles. The van der Waals surface area contributed by atoms with Crippen molar-refractivity contribution < 1.29 is 8.42 Å². The van der Waals surface area contributed by atoms with E-state index in [0.717, 1.165) is 5.56 Å². The summed E-state index contributed by atoms with van der Waals surface area (Å²) < 4.78 is 22.8. The van der Waals surface area contributed by atoms with Crippen molar-refractivity contribution in [1.82, 2.24) is 0 Å². The van der Waals surface area contributed by atoms with Gasteiger partial charge in [-0.25, -0.2) is 8.42 Å². The molecule has 1 aromatic rings. The van der Waals surface area contributed by atoms with E-state index in [1.165, 1.54) is 6.26 Å². The highest BCUT2D eigenvalue weighted by atomic mass is 35.5. The molecule has 0 aliphatic carbocycles. The Morgan fingerprint density at radius 3 is 2.18 bits per heavy atom. The fourth-order valence-electron chi connectivity index (χ4n) is 1.44. The van der Waals surface area contributed by atoms with Crippen molar-refractivity contribution >= 4 is 22.2 Å². The standard InChI is InChI=1S/C12H19NO2S.ClH/c1-12(2,3)11(13)9-6-5-7-10(8-9)16(4,14)15;/h5-8,11H,13H2,1-4H3;1H/t11-;/m0./s1. The molecule has 3 nitrogen and oxygen atoms in total. The Hall–Kier alpha value is -0.580. The zero-order valence-electron chi connectivity index (χ0n) is 10.6. The topological polar surface area (TPSA) is 60.2 Å². The van der Waals surface area contributed by atoms with Crippen LogP contribution in [0.5, 0.6) is 0 Å². The molecule has 0 saturated carbocycles. The van der Waals surface area contributed by atoms with Crippen molar-refractivity contribution in [3.8, 4) is 0 Å². The van der Waals surface area contributed by atoms with Gasteiger partial charge in [-0.05, 0) is 23.1 Å². The predicted molar refractivity (Wildman–Crippen MR) is 73.2 cm³/mol. The van der Waals surface area contributed by atoms with Gasteiger partial charge in [-0.1, -0.05) is 32.9 Å². The summed E-state index contributed by atoms with van der Waals surface area (Å²) in [6, 6.07) is 6.68. The van der Waals surface area contributed by atoms with Crippen molar-refractivity contribution in [3.05, 3.63) is 29.8 Å². The fraction of sp³-hybridized carbons (Fsp3) is 0.500. The monoisotopic (exact) mass is 277 g/mol. The molecule has 0 fully saturated rings. The molecule has 1 atom stereocenters. The van der Waals surface area contributed by atoms with Crippen LogP contribution in [0.3, 0.4) is 0 Å². The van der Waals surface area contributed by atoms with E-state index in [1.54, 1.807) is 18.2 Å². The molecule has 2 N–H and O–H groups in total. The van der Waals surface area contributed by atoms with Crippen LogP contribution < -0.4 is 5.73 Å². The van der Waals surface area contributed by atoms with Gasteiger partial charge in [0.1, 0.15) is 0 Å². The molecule has 0 aromatic heterocycles. The third kappa shape index (κ3) is 4.30. The van der Waals surface area contributed by atoms with Crippen LogP contribution in [-0.2, 0) is 9.84 Å².